The lowest BCUT2D eigenvalue weighted by atomic mass is 10.1. The van der Waals surface area contributed by atoms with Crippen molar-refractivity contribution in [1.82, 2.24) is 20.5 Å². The van der Waals surface area contributed by atoms with Gasteiger partial charge in [-0.05, 0) is 12.5 Å². The number of hydrogen-bond donors (Lipinski definition) is 2. The first-order chi connectivity index (χ1) is 8.75. The molecule has 94 valence electrons. The zero-order valence-corrected chi connectivity index (χ0v) is 10.8. The van der Waals surface area contributed by atoms with Crippen molar-refractivity contribution in [2.75, 3.05) is 5.75 Å². The highest BCUT2D eigenvalue weighted by atomic mass is 32.2. The number of rotatable bonds is 5. The van der Waals surface area contributed by atoms with E-state index in [2.05, 4.69) is 20.5 Å². The fraction of sp³-hybridized carbons (Fsp3) is 0.250. The Labute approximate surface area is 109 Å². The van der Waals surface area contributed by atoms with Gasteiger partial charge in [-0.15, -0.1) is 0 Å². The third-order valence-electron chi connectivity index (χ3n) is 2.41. The highest BCUT2D eigenvalue weighted by Crippen LogP contribution is 2.13. The molecule has 1 aromatic carbocycles. The lowest BCUT2D eigenvalue weighted by molar-refractivity contribution is -0.119. The zero-order valence-electron chi connectivity index (χ0n) is 9.96. The molecule has 1 amide bonds. The maximum absolute atomic E-state index is 11.7. The van der Waals surface area contributed by atoms with Gasteiger partial charge >= 0.3 is 0 Å². The Balaban J connectivity index is 1.80. The molecule has 0 bridgehead atoms. The van der Waals surface area contributed by atoms with Crippen LogP contribution in [0.2, 0.25) is 0 Å². The summed E-state index contributed by atoms with van der Waals surface area (Å²) in [4.78, 5) is 15.7. The number of aromatic nitrogens is 3. The molecule has 0 aliphatic carbocycles. The molecule has 6 heteroatoms. The van der Waals surface area contributed by atoms with Crippen molar-refractivity contribution in [3.63, 3.8) is 0 Å². The van der Waals surface area contributed by atoms with Gasteiger partial charge in [0.1, 0.15) is 6.33 Å². The van der Waals surface area contributed by atoms with Crippen molar-refractivity contribution in [3.05, 3.63) is 42.2 Å². The fourth-order valence-electron chi connectivity index (χ4n) is 1.51. The van der Waals surface area contributed by atoms with Gasteiger partial charge in [-0.25, -0.2) is 4.98 Å². The van der Waals surface area contributed by atoms with E-state index < -0.39 is 0 Å². The lowest BCUT2D eigenvalue weighted by Crippen LogP contribution is -2.28. The molecule has 0 unspecified atom stereocenters. The molecule has 0 radical (unpaired) electrons. The van der Waals surface area contributed by atoms with E-state index in [0.29, 0.717) is 10.9 Å². The first kappa shape index (κ1) is 12.6. The molecule has 5 nitrogen and oxygen atoms in total. The predicted molar refractivity (Wildman–Crippen MR) is 70.1 cm³/mol. The van der Waals surface area contributed by atoms with E-state index >= 15 is 0 Å². The number of aromatic amines is 1. The molecule has 1 atom stereocenters. The minimum Gasteiger partial charge on any atom is -0.349 e. The average molecular weight is 262 g/mol. The average Bonchev–Trinajstić information content (AvgIpc) is 2.90. The number of carbonyl (C=O) groups is 1. The minimum atomic E-state index is -0.0206. The van der Waals surface area contributed by atoms with Gasteiger partial charge in [0.05, 0.1) is 11.8 Å². The third-order valence-corrected chi connectivity index (χ3v) is 3.29. The van der Waals surface area contributed by atoms with Crippen LogP contribution >= 0.6 is 11.8 Å². The number of carbonyl (C=O) groups excluding carboxylic acids is 1. The molecule has 18 heavy (non-hydrogen) atoms. The molecule has 0 spiro atoms. The predicted octanol–water partition coefficient (Wildman–Crippen LogP) is 1.77. The summed E-state index contributed by atoms with van der Waals surface area (Å²) in [5.41, 5.74) is 1.09. The Kier molecular flexibility index (Phi) is 4.35. The summed E-state index contributed by atoms with van der Waals surface area (Å²) in [5.74, 6) is 0.305. The van der Waals surface area contributed by atoms with Crippen molar-refractivity contribution in [1.29, 1.82) is 0 Å². The zero-order chi connectivity index (χ0) is 12.8. The van der Waals surface area contributed by atoms with Crippen molar-refractivity contribution < 1.29 is 4.79 Å². The van der Waals surface area contributed by atoms with Gasteiger partial charge < -0.3 is 5.32 Å². The van der Waals surface area contributed by atoms with E-state index in [9.17, 15) is 4.79 Å². The molecule has 2 aromatic rings. The van der Waals surface area contributed by atoms with E-state index in [-0.39, 0.29) is 11.9 Å². The Bertz CT molecular complexity index is 486. The van der Waals surface area contributed by atoms with Crippen LogP contribution in [0.3, 0.4) is 0 Å². The first-order valence-corrected chi connectivity index (χ1v) is 6.57. The van der Waals surface area contributed by atoms with Crippen molar-refractivity contribution in [3.8, 4) is 0 Å². The summed E-state index contributed by atoms with van der Waals surface area (Å²) in [5, 5.41) is 10.0. The van der Waals surface area contributed by atoms with Crippen molar-refractivity contribution >= 4 is 17.7 Å². The van der Waals surface area contributed by atoms with E-state index in [1.165, 1.54) is 18.1 Å². The number of nitrogens with zero attached hydrogens (tertiary/aromatic N) is 2. The van der Waals surface area contributed by atoms with Crippen LogP contribution in [0.1, 0.15) is 18.5 Å². The van der Waals surface area contributed by atoms with E-state index in [0.717, 1.165) is 5.56 Å². The Morgan fingerprint density at radius 3 is 2.89 bits per heavy atom. The van der Waals surface area contributed by atoms with Gasteiger partial charge in [0.15, 0.2) is 5.16 Å². The van der Waals surface area contributed by atoms with Gasteiger partial charge in [-0.3, -0.25) is 9.89 Å². The fourth-order valence-corrected chi connectivity index (χ4v) is 2.10. The summed E-state index contributed by atoms with van der Waals surface area (Å²) in [6.07, 6.45) is 1.42. The molecule has 0 aliphatic rings. The first-order valence-electron chi connectivity index (χ1n) is 5.58. The summed E-state index contributed by atoms with van der Waals surface area (Å²) in [6.45, 7) is 1.96. The normalized spacial score (nSPS) is 12.1. The molecule has 1 aromatic heterocycles. The molecule has 0 fully saturated rings. The van der Waals surface area contributed by atoms with Crippen LogP contribution in [0.5, 0.6) is 0 Å². The van der Waals surface area contributed by atoms with Crippen molar-refractivity contribution in [2.45, 2.75) is 18.1 Å². The highest BCUT2D eigenvalue weighted by molar-refractivity contribution is 7.99. The van der Waals surface area contributed by atoms with Crippen LogP contribution in [0.4, 0.5) is 0 Å². The Morgan fingerprint density at radius 2 is 2.22 bits per heavy atom. The maximum atomic E-state index is 11.7. The molecule has 2 rings (SSSR count). The van der Waals surface area contributed by atoms with Crippen LogP contribution in [-0.4, -0.2) is 26.8 Å². The summed E-state index contributed by atoms with van der Waals surface area (Å²) < 4.78 is 0. The number of nitrogens with one attached hydrogen (secondary N) is 2. The topological polar surface area (TPSA) is 70.7 Å². The summed E-state index contributed by atoms with van der Waals surface area (Å²) in [6, 6.07) is 9.87. The maximum Gasteiger partial charge on any atom is 0.230 e. The van der Waals surface area contributed by atoms with Gasteiger partial charge in [0, 0.05) is 0 Å². The molecular weight excluding hydrogens is 248 g/mol. The lowest BCUT2D eigenvalue weighted by Gasteiger charge is -2.13. The number of thioether (sulfide) groups is 1. The smallest absolute Gasteiger partial charge is 0.230 e. The van der Waals surface area contributed by atoms with Crippen molar-refractivity contribution in [2.24, 2.45) is 0 Å². The van der Waals surface area contributed by atoms with E-state index in [1.807, 2.05) is 37.3 Å². The van der Waals surface area contributed by atoms with Gasteiger partial charge in [-0.1, -0.05) is 42.1 Å². The summed E-state index contributed by atoms with van der Waals surface area (Å²) >= 11 is 1.33. The number of hydrogen-bond acceptors (Lipinski definition) is 4. The Hall–Kier alpha value is -1.82. The number of benzene rings is 1. The van der Waals surface area contributed by atoms with E-state index in [1.54, 1.807) is 0 Å². The van der Waals surface area contributed by atoms with Crippen LogP contribution in [0.25, 0.3) is 0 Å². The molecule has 0 aliphatic heterocycles. The van der Waals surface area contributed by atoms with Crippen LogP contribution in [-0.2, 0) is 4.79 Å². The highest BCUT2D eigenvalue weighted by Gasteiger charge is 2.09. The second-order valence-electron chi connectivity index (χ2n) is 3.78. The monoisotopic (exact) mass is 262 g/mol. The molecule has 1 heterocycles. The largest absolute Gasteiger partial charge is 0.349 e. The molecule has 0 saturated heterocycles. The standard InChI is InChI=1S/C12H14N4OS/c1-9(10-5-3-2-4-6-10)15-11(17)7-18-12-13-8-14-16-12/h2-6,8-9H,7H2,1H3,(H,15,17)(H,13,14,16)/t9-/m1/s1. The minimum absolute atomic E-state index is 0.00836. The second kappa shape index (κ2) is 6.20. The third kappa shape index (κ3) is 3.59. The van der Waals surface area contributed by atoms with Gasteiger partial charge in [0.2, 0.25) is 5.91 Å². The second-order valence-corrected chi connectivity index (χ2v) is 4.74. The van der Waals surface area contributed by atoms with Crippen LogP contribution in [0.15, 0.2) is 41.8 Å². The summed E-state index contributed by atoms with van der Waals surface area (Å²) in [7, 11) is 0. The number of amides is 1. The number of H-pyrrole nitrogens is 1. The van der Waals surface area contributed by atoms with Crippen LogP contribution in [0, 0.1) is 0 Å². The van der Waals surface area contributed by atoms with E-state index in [4.69, 9.17) is 0 Å². The Morgan fingerprint density at radius 1 is 1.44 bits per heavy atom. The van der Waals surface area contributed by atoms with Gasteiger partial charge in [-0.2, -0.15) is 5.10 Å². The molecular formula is C12H14N4OS. The quantitative estimate of drug-likeness (QED) is 0.806. The molecule has 2 N–H and O–H groups in total. The SMILES string of the molecule is C[C@@H](NC(=O)CSc1ncn[nH]1)c1ccccc1. The van der Waals surface area contributed by atoms with Crippen LogP contribution < -0.4 is 5.32 Å². The molecule has 0 saturated carbocycles. The van der Waals surface area contributed by atoms with Gasteiger partial charge in [0.25, 0.3) is 0 Å².